The van der Waals surface area contributed by atoms with Gasteiger partial charge in [-0.3, -0.25) is 0 Å². The van der Waals surface area contributed by atoms with Crippen LogP contribution in [0.1, 0.15) is 83.7 Å². The van der Waals surface area contributed by atoms with Gasteiger partial charge >= 0.3 is 0 Å². The highest BCUT2D eigenvalue weighted by Crippen LogP contribution is 2.57. The second kappa shape index (κ2) is 12.0. The molecule has 7 aromatic carbocycles. The van der Waals surface area contributed by atoms with E-state index in [1.165, 1.54) is 83.7 Å². The number of benzene rings is 7. The third-order valence-electron chi connectivity index (χ3n) is 11.9. The summed E-state index contributed by atoms with van der Waals surface area (Å²) in [5.41, 5.74) is 20.9. The van der Waals surface area contributed by atoms with E-state index in [4.69, 9.17) is 0 Å². The lowest BCUT2D eigenvalue weighted by molar-refractivity contribution is 0.651. The van der Waals surface area contributed by atoms with Crippen LogP contribution in [0.4, 0.5) is 17.1 Å². The highest BCUT2D eigenvalue weighted by molar-refractivity contribution is 5.91. The van der Waals surface area contributed by atoms with Crippen molar-refractivity contribution < 1.29 is 0 Å². The van der Waals surface area contributed by atoms with Crippen molar-refractivity contribution in [3.8, 4) is 22.3 Å². The van der Waals surface area contributed by atoms with Crippen LogP contribution in [-0.2, 0) is 10.8 Å². The van der Waals surface area contributed by atoms with Crippen LogP contribution >= 0.6 is 0 Å². The van der Waals surface area contributed by atoms with Gasteiger partial charge in [-0.15, -0.1) is 0 Å². The number of para-hydroxylation sites is 1. The van der Waals surface area contributed by atoms with Crippen molar-refractivity contribution in [3.05, 3.63) is 208 Å². The van der Waals surface area contributed by atoms with Crippen molar-refractivity contribution in [1.82, 2.24) is 0 Å². The van der Waals surface area contributed by atoms with Gasteiger partial charge < -0.3 is 4.90 Å². The summed E-state index contributed by atoms with van der Waals surface area (Å²) in [4.78, 5) is 2.39. The van der Waals surface area contributed by atoms with Gasteiger partial charge in [-0.1, -0.05) is 142 Å². The van der Waals surface area contributed by atoms with Crippen molar-refractivity contribution in [2.45, 2.75) is 58.3 Å². The Morgan fingerprint density at radius 3 is 1.48 bits per heavy atom. The van der Waals surface area contributed by atoms with Crippen molar-refractivity contribution in [3.63, 3.8) is 0 Å². The molecule has 0 aromatic heterocycles. The first-order chi connectivity index (χ1) is 25.1. The van der Waals surface area contributed by atoms with E-state index in [1.807, 2.05) is 0 Å². The maximum Gasteiger partial charge on any atom is 0.0465 e. The molecule has 2 aliphatic rings. The van der Waals surface area contributed by atoms with E-state index in [0.29, 0.717) is 0 Å². The molecular weight excluding hydrogens is 627 g/mol. The van der Waals surface area contributed by atoms with E-state index in [0.717, 1.165) is 5.69 Å². The van der Waals surface area contributed by atoms with Gasteiger partial charge in [0, 0.05) is 33.8 Å². The molecule has 0 saturated carbocycles. The molecule has 9 rings (SSSR count). The smallest absolute Gasteiger partial charge is 0.0465 e. The molecule has 1 nitrogen and oxygen atoms in total. The molecule has 0 amide bonds. The second-order valence-corrected chi connectivity index (χ2v) is 16.0. The molecule has 52 heavy (non-hydrogen) atoms. The largest absolute Gasteiger partial charge is 0.310 e. The molecule has 0 bridgehead atoms. The number of aryl methyl sites for hydroxylation is 2. The Kier molecular flexibility index (Phi) is 7.42. The number of hydrogen-bond acceptors (Lipinski definition) is 1. The normalized spacial score (nSPS) is 15.0. The van der Waals surface area contributed by atoms with Crippen molar-refractivity contribution in [1.29, 1.82) is 0 Å². The second-order valence-electron chi connectivity index (χ2n) is 16.0. The Hall–Kier alpha value is -5.66. The Balaban J connectivity index is 1.15. The maximum atomic E-state index is 2.53. The molecule has 0 fully saturated rings. The van der Waals surface area contributed by atoms with Crippen LogP contribution in [0.5, 0.6) is 0 Å². The summed E-state index contributed by atoms with van der Waals surface area (Å²) in [6, 6.07) is 59.0. The highest BCUT2D eigenvalue weighted by Gasteiger charge is 2.42. The van der Waals surface area contributed by atoms with E-state index in [-0.39, 0.29) is 16.7 Å². The molecule has 1 unspecified atom stereocenters. The minimum atomic E-state index is -0.152. The molecule has 2 aliphatic carbocycles. The van der Waals surface area contributed by atoms with Gasteiger partial charge in [0.05, 0.1) is 0 Å². The molecule has 0 saturated heterocycles. The number of fused-ring (bicyclic) bond motifs is 6. The Morgan fingerprint density at radius 2 is 0.846 bits per heavy atom. The molecule has 0 aliphatic heterocycles. The number of nitrogens with zero attached hydrogens (tertiary/aromatic N) is 1. The van der Waals surface area contributed by atoms with Crippen LogP contribution in [0.2, 0.25) is 0 Å². The lowest BCUT2D eigenvalue weighted by atomic mass is 9.78. The summed E-state index contributed by atoms with van der Waals surface area (Å²) in [5, 5.41) is 0. The van der Waals surface area contributed by atoms with E-state index < -0.39 is 0 Å². The Bertz CT molecular complexity index is 2310. The molecule has 0 spiro atoms. The first-order valence-electron chi connectivity index (χ1n) is 18.6. The van der Waals surface area contributed by atoms with Crippen LogP contribution in [0.3, 0.4) is 0 Å². The average molecular weight is 672 g/mol. The van der Waals surface area contributed by atoms with Gasteiger partial charge in [0.15, 0.2) is 0 Å². The molecule has 254 valence electrons. The van der Waals surface area contributed by atoms with Gasteiger partial charge in [0.1, 0.15) is 0 Å². The van der Waals surface area contributed by atoms with Crippen molar-refractivity contribution in [2.75, 3.05) is 4.90 Å². The Morgan fingerprint density at radius 1 is 0.365 bits per heavy atom. The lowest BCUT2D eigenvalue weighted by Crippen LogP contribution is -2.18. The Labute approximate surface area is 309 Å². The standard InChI is InChI=1S/C51H45N/c1-33-15-13-19-36(27-33)49(35-17-9-7-10-18-35)37-23-25-41-43-31-48-44(32-47(43)50(3,4)45(41)29-37)42-26-24-40(30-46(42)51(48,5)6)52(38-20-11-8-12-21-38)39-22-14-16-34(2)28-39/h7-32,49H,1-6H3. The van der Waals surface area contributed by atoms with Crippen LogP contribution in [0.15, 0.2) is 158 Å². The number of anilines is 3. The third kappa shape index (κ3) is 5.06. The zero-order valence-corrected chi connectivity index (χ0v) is 31.0. The molecular formula is C51H45N. The van der Waals surface area contributed by atoms with Crippen LogP contribution in [-0.4, -0.2) is 0 Å². The number of rotatable bonds is 6. The van der Waals surface area contributed by atoms with E-state index >= 15 is 0 Å². The quantitative estimate of drug-likeness (QED) is 0.159. The monoisotopic (exact) mass is 671 g/mol. The van der Waals surface area contributed by atoms with E-state index in [2.05, 4.69) is 204 Å². The fourth-order valence-corrected chi connectivity index (χ4v) is 9.15. The topological polar surface area (TPSA) is 3.24 Å². The zero-order valence-electron chi connectivity index (χ0n) is 31.0. The van der Waals surface area contributed by atoms with E-state index in [1.54, 1.807) is 0 Å². The van der Waals surface area contributed by atoms with Gasteiger partial charge in [0.25, 0.3) is 0 Å². The van der Waals surface area contributed by atoms with Gasteiger partial charge in [-0.05, 0) is 129 Å². The van der Waals surface area contributed by atoms with E-state index in [9.17, 15) is 0 Å². The maximum absolute atomic E-state index is 2.53. The molecule has 1 heteroatoms. The summed E-state index contributed by atoms with van der Waals surface area (Å²) in [6.07, 6.45) is 0. The predicted molar refractivity (Wildman–Crippen MR) is 220 cm³/mol. The minimum absolute atomic E-state index is 0.133. The molecule has 7 aromatic rings. The fourth-order valence-electron chi connectivity index (χ4n) is 9.15. The average Bonchev–Trinajstić information content (AvgIpc) is 3.50. The summed E-state index contributed by atoms with van der Waals surface area (Å²) < 4.78 is 0. The molecule has 0 N–H and O–H groups in total. The molecule has 1 atom stereocenters. The minimum Gasteiger partial charge on any atom is -0.310 e. The third-order valence-corrected chi connectivity index (χ3v) is 11.9. The summed E-state index contributed by atoms with van der Waals surface area (Å²) in [6.45, 7) is 14.0. The van der Waals surface area contributed by atoms with Crippen LogP contribution in [0.25, 0.3) is 22.3 Å². The van der Waals surface area contributed by atoms with Gasteiger partial charge in [-0.25, -0.2) is 0 Å². The summed E-state index contributed by atoms with van der Waals surface area (Å²) in [7, 11) is 0. The highest BCUT2D eigenvalue weighted by atomic mass is 15.1. The van der Waals surface area contributed by atoms with Crippen molar-refractivity contribution >= 4 is 17.1 Å². The summed E-state index contributed by atoms with van der Waals surface area (Å²) >= 11 is 0. The zero-order chi connectivity index (χ0) is 35.8. The number of hydrogen-bond donors (Lipinski definition) is 0. The molecule has 0 heterocycles. The first-order valence-corrected chi connectivity index (χ1v) is 18.6. The van der Waals surface area contributed by atoms with Crippen LogP contribution in [0, 0.1) is 13.8 Å². The lowest BCUT2D eigenvalue weighted by Gasteiger charge is -2.28. The molecule has 0 radical (unpaired) electrons. The fraction of sp³-hybridized carbons (Fsp3) is 0.176. The predicted octanol–water partition coefficient (Wildman–Crippen LogP) is 13.6. The summed E-state index contributed by atoms with van der Waals surface area (Å²) in [5.74, 6) is 0.172. The first kappa shape index (κ1) is 32.3. The van der Waals surface area contributed by atoms with Crippen molar-refractivity contribution in [2.24, 2.45) is 0 Å². The SMILES string of the molecule is Cc1cccc(C(c2ccccc2)c2ccc3c(c2)C(C)(C)c2cc4c(cc2-3)C(C)(C)c2cc(N(c3ccccc3)c3cccc(C)c3)ccc2-4)c1. The van der Waals surface area contributed by atoms with Gasteiger partial charge in [0.2, 0.25) is 0 Å². The van der Waals surface area contributed by atoms with Gasteiger partial charge in [-0.2, -0.15) is 0 Å². The van der Waals surface area contributed by atoms with Crippen LogP contribution < -0.4 is 4.90 Å².